The average Bonchev–Trinajstić information content (AvgIpc) is 2.33. The smallest absolute Gasteiger partial charge is 0.247 e. The highest BCUT2D eigenvalue weighted by atomic mass is 16.3. The molecule has 16 heavy (non-hydrogen) atoms. The van der Waals surface area contributed by atoms with Gasteiger partial charge in [0.2, 0.25) is 11.8 Å². The second-order valence-corrected chi connectivity index (χ2v) is 2.89. The molecular weight excluding hydrogens is 212 g/mol. The van der Waals surface area contributed by atoms with Crippen molar-refractivity contribution in [3.05, 3.63) is 25.3 Å². The number of carbonyl (C=O) groups excluding carboxylic acids is 2. The van der Waals surface area contributed by atoms with Crippen LogP contribution in [0.25, 0.3) is 0 Å². The lowest BCUT2D eigenvalue weighted by atomic mass is 10.4. The zero-order valence-electron chi connectivity index (χ0n) is 9.00. The number of carbonyl (C=O) groups is 2. The molecule has 0 radical (unpaired) electrons. The fourth-order valence-electron chi connectivity index (χ4n) is 1.00. The van der Waals surface area contributed by atoms with Gasteiger partial charge in [-0.05, 0) is 12.2 Å². The summed E-state index contributed by atoms with van der Waals surface area (Å²) < 4.78 is 0. The molecule has 0 aliphatic heterocycles. The average molecular weight is 228 g/mol. The van der Waals surface area contributed by atoms with Crippen LogP contribution in [0.15, 0.2) is 25.3 Å². The summed E-state index contributed by atoms with van der Waals surface area (Å²) in [5.41, 5.74) is 0. The highest BCUT2D eigenvalue weighted by Crippen LogP contribution is 1.94. The number of hydrogen-bond acceptors (Lipinski definition) is 4. The molecule has 90 valence electrons. The predicted molar refractivity (Wildman–Crippen MR) is 58.0 cm³/mol. The Kier molecular flexibility index (Phi) is 6.82. The summed E-state index contributed by atoms with van der Waals surface area (Å²) in [4.78, 5) is 24.5. The zero-order valence-corrected chi connectivity index (χ0v) is 9.00. The summed E-state index contributed by atoms with van der Waals surface area (Å²) in [6.07, 6.45) is 2.13. The van der Waals surface area contributed by atoms with Crippen LogP contribution in [-0.2, 0) is 9.59 Å². The maximum atomic E-state index is 11.1. The first-order valence-corrected chi connectivity index (χ1v) is 4.65. The van der Waals surface area contributed by atoms with Gasteiger partial charge in [0.1, 0.15) is 13.5 Å². The van der Waals surface area contributed by atoms with Crippen LogP contribution in [0.5, 0.6) is 0 Å². The van der Waals surface area contributed by atoms with Gasteiger partial charge in [0, 0.05) is 13.1 Å². The van der Waals surface area contributed by atoms with Crippen LogP contribution < -0.4 is 0 Å². The molecule has 0 aliphatic rings. The second-order valence-electron chi connectivity index (χ2n) is 2.89. The first kappa shape index (κ1) is 14.3. The van der Waals surface area contributed by atoms with E-state index in [0.29, 0.717) is 0 Å². The number of rotatable bonds is 7. The Balaban J connectivity index is 4.27. The van der Waals surface area contributed by atoms with E-state index in [4.69, 9.17) is 10.2 Å². The first-order chi connectivity index (χ1) is 7.60. The van der Waals surface area contributed by atoms with Crippen molar-refractivity contribution in [2.24, 2.45) is 0 Å². The van der Waals surface area contributed by atoms with Gasteiger partial charge in [0.15, 0.2) is 0 Å². The van der Waals surface area contributed by atoms with Crippen molar-refractivity contribution in [1.82, 2.24) is 9.80 Å². The molecule has 0 atom stereocenters. The predicted octanol–water partition coefficient (Wildman–Crippen LogP) is -1.08. The molecule has 6 nitrogen and oxygen atoms in total. The van der Waals surface area contributed by atoms with Crippen molar-refractivity contribution in [1.29, 1.82) is 0 Å². The van der Waals surface area contributed by atoms with Gasteiger partial charge < -0.3 is 20.0 Å². The number of aliphatic hydroxyl groups is 2. The third kappa shape index (κ3) is 4.24. The summed E-state index contributed by atoms with van der Waals surface area (Å²) in [6.45, 7) is 5.85. The van der Waals surface area contributed by atoms with E-state index in [1.165, 1.54) is 0 Å². The van der Waals surface area contributed by atoms with Gasteiger partial charge in [-0.1, -0.05) is 13.2 Å². The molecule has 0 aromatic carbocycles. The van der Waals surface area contributed by atoms with Gasteiger partial charge in [-0.2, -0.15) is 0 Å². The summed E-state index contributed by atoms with van der Waals surface area (Å²) in [5, 5.41) is 17.8. The van der Waals surface area contributed by atoms with Gasteiger partial charge in [0.25, 0.3) is 0 Å². The standard InChI is InChI=1S/C10H16N2O4/c1-3-9(15)11(7-13)5-6-12(8-14)10(16)4-2/h3-4,13-14H,1-2,5-8H2. The minimum absolute atomic E-state index is 0.113. The Morgan fingerprint density at radius 3 is 1.44 bits per heavy atom. The van der Waals surface area contributed by atoms with Crippen molar-refractivity contribution in [2.45, 2.75) is 0 Å². The maximum Gasteiger partial charge on any atom is 0.247 e. The summed E-state index contributed by atoms with van der Waals surface area (Å²) in [7, 11) is 0. The molecular formula is C10H16N2O4. The molecule has 0 spiro atoms. The number of aliphatic hydroxyl groups excluding tert-OH is 2. The number of amides is 2. The fourth-order valence-corrected chi connectivity index (χ4v) is 1.00. The van der Waals surface area contributed by atoms with Crippen LogP contribution in [0.2, 0.25) is 0 Å². The van der Waals surface area contributed by atoms with E-state index >= 15 is 0 Å². The molecule has 0 aliphatic carbocycles. The Hall–Kier alpha value is -1.66. The van der Waals surface area contributed by atoms with E-state index in [9.17, 15) is 9.59 Å². The van der Waals surface area contributed by atoms with Gasteiger partial charge in [-0.3, -0.25) is 9.59 Å². The topological polar surface area (TPSA) is 81.1 Å². The highest BCUT2D eigenvalue weighted by molar-refractivity contribution is 5.87. The minimum Gasteiger partial charge on any atom is -0.376 e. The summed E-state index contributed by atoms with van der Waals surface area (Å²) in [6, 6.07) is 0. The molecule has 0 fully saturated rings. The molecule has 0 aromatic heterocycles. The van der Waals surface area contributed by atoms with Crippen molar-refractivity contribution >= 4 is 11.8 Å². The van der Waals surface area contributed by atoms with E-state index in [1.54, 1.807) is 0 Å². The van der Waals surface area contributed by atoms with Crippen molar-refractivity contribution < 1.29 is 19.8 Å². The van der Waals surface area contributed by atoms with Crippen molar-refractivity contribution in [3.63, 3.8) is 0 Å². The lowest BCUT2D eigenvalue weighted by Gasteiger charge is -2.23. The lowest BCUT2D eigenvalue weighted by molar-refractivity contribution is -0.134. The maximum absolute atomic E-state index is 11.1. The van der Waals surface area contributed by atoms with Crippen LogP contribution in [0.3, 0.4) is 0 Å². The highest BCUT2D eigenvalue weighted by Gasteiger charge is 2.13. The molecule has 0 aromatic rings. The monoisotopic (exact) mass is 228 g/mol. The molecule has 0 heterocycles. The van der Waals surface area contributed by atoms with E-state index < -0.39 is 25.3 Å². The van der Waals surface area contributed by atoms with Gasteiger partial charge in [-0.15, -0.1) is 0 Å². The summed E-state index contributed by atoms with van der Waals surface area (Å²) in [5.74, 6) is -0.877. The Labute approximate surface area is 94.1 Å². The van der Waals surface area contributed by atoms with E-state index in [1.807, 2.05) is 0 Å². The van der Waals surface area contributed by atoms with E-state index in [-0.39, 0.29) is 13.1 Å². The minimum atomic E-state index is -0.466. The molecule has 2 amide bonds. The molecule has 0 rings (SSSR count). The van der Waals surface area contributed by atoms with Gasteiger partial charge in [-0.25, -0.2) is 0 Å². The van der Waals surface area contributed by atoms with Crippen LogP contribution in [0, 0.1) is 0 Å². The zero-order chi connectivity index (χ0) is 12.6. The fraction of sp³-hybridized carbons (Fsp3) is 0.400. The third-order valence-electron chi connectivity index (χ3n) is 1.95. The van der Waals surface area contributed by atoms with Gasteiger partial charge >= 0.3 is 0 Å². The van der Waals surface area contributed by atoms with E-state index in [2.05, 4.69) is 13.2 Å². The summed E-state index contributed by atoms with van der Waals surface area (Å²) >= 11 is 0. The van der Waals surface area contributed by atoms with E-state index in [0.717, 1.165) is 22.0 Å². The molecule has 0 bridgehead atoms. The normalized spacial score (nSPS) is 9.38. The van der Waals surface area contributed by atoms with Crippen LogP contribution in [0.4, 0.5) is 0 Å². The largest absolute Gasteiger partial charge is 0.376 e. The second kappa shape index (κ2) is 7.61. The Morgan fingerprint density at radius 2 is 1.25 bits per heavy atom. The molecule has 0 saturated heterocycles. The van der Waals surface area contributed by atoms with Crippen LogP contribution >= 0.6 is 0 Å². The lowest BCUT2D eigenvalue weighted by Crippen LogP contribution is -2.40. The van der Waals surface area contributed by atoms with Gasteiger partial charge in [0.05, 0.1) is 0 Å². The first-order valence-electron chi connectivity index (χ1n) is 4.65. The Bertz CT molecular complexity index is 250. The SMILES string of the molecule is C=CC(=O)N(CO)CCN(CO)C(=O)C=C. The molecule has 2 N–H and O–H groups in total. The van der Waals surface area contributed by atoms with Crippen LogP contribution in [0.1, 0.15) is 0 Å². The van der Waals surface area contributed by atoms with Crippen LogP contribution in [-0.4, -0.2) is 58.4 Å². The number of hydrogen-bond donors (Lipinski definition) is 2. The molecule has 0 unspecified atom stereocenters. The molecule has 6 heteroatoms. The van der Waals surface area contributed by atoms with Crippen molar-refractivity contribution in [3.8, 4) is 0 Å². The third-order valence-corrected chi connectivity index (χ3v) is 1.95. The Morgan fingerprint density at radius 1 is 0.938 bits per heavy atom. The van der Waals surface area contributed by atoms with Crippen molar-refractivity contribution in [2.75, 3.05) is 26.6 Å². The quantitative estimate of drug-likeness (QED) is 0.429. The molecule has 0 saturated carbocycles. The number of nitrogens with zero attached hydrogens (tertiary/aromatic N) is 2.